The number of nitrogens with two attached hydrogens (primary N) is 1. The van der Waals surface area contributed by atoms with E-state index in [0.29, 0.717) is 27.1 Å². The summed E-state index contributed by atoms with van der Waals surface area (Å²) in [7, 11) is 0. The number of carbonyl (C=O) groups excluding carboxylic acids is 1. The second-order valence-electron chi connectivity index (χ2n) is 5.95. The smallest absolute Gasteiger partial charge is 0.338 e. The third kappa shape index (κ3) is 3.59. The third-order valence-corrected chi connectivity index (χ3v) is 4.96. The predicted octanol–water partition coefficient (Wildman–Crippen LogP) is 4.90. The lowest BCUT2D eigenvalue weighted by Crippen LogP contribution is -2.25. The Morgan fingerprint density at radius 3 is 2.68 bits per heavy atom. The molecular formula is C20H16Cl2N2O4. The van der Waals surface area contributed by atoms with Gasteiger partial charge in [-0.25, -0.2) is 4.79 Å². The highest BCUT2D eigenvalue weighted by molar-refractivity contribution is 6.42. The molecule has 6 nitrogen and oxygen atoms in total. The minimum atomic E-state index is -0.839. The lowest BCUT2D eigenvalue weighted by Gasteiger charge is -2.25. The Balaban J connectivity index is 2.09. The van der Waals surface area contributed by atoms with Crippen LogP contribution in [0.2, 0.25) is 10.0 Å². The largest absolute Gasteiger partial charge is 0.463 e. The quantitative estimate of drug-likeness (QED) is 0.708. The fourth-order valence-electron chi connectivity index (χ4n) is 2.95. The first-order valence-electron chi connectivity index (χ1n) is 8.38. The molecule has 0 saturated heterocycles. The van der Waals surface area contributed by atoms with Gasteiger partial charge in [0.15, 0.2) is 0 Å². The van der Waals surface area contributed by atoms with Crippen LogP contribution >= 0.6 is 23.2 Å². The molecular weight excluding hydrogens is 403 g/mol. The van der Waals surface area contributed by atoms with E-state index in [4.69, 9.17) is 42.8 Å². The summed E-state index contributed by atoms with van der Waals surface area (Å²) >= 11 is 12.0. The van der Waals surface area contributed by atoms with Crippen molar-refractivity contribution in [1.29, 1.82) is 5.26 Å². The Morgan fingerprint density at radius 1 is 1.29 bits per heavy atom. The minimum absolute atomic E-state index is 0.0729. The second-order valence-corrected chi connectivity index (χ2v) is 6.76. The lowest BCUT2D eigenvalue weighted by atomic mass is 9.87. The molecule has 0 radical (unpaired) electrons. The molecule has 0 aliphatic carbocycles. The zero-order valence-corrected chi connectivity index (χ0v) is 16.6. The summed E-state index contributed by atoms with van der Waals surface area (Å²) in [4.78, 5) is 12.5. The van der Waals surface area contributed by atoms with Crippen molar-refractivity contribution in [3.8, 4) is 17.4 Å². The van der Waals surface area contributed by atoms with Crippen LogP contribution in [0.5, 0.6) is 0 Å². The molecule has 3 rings (SSSR count). The Labute approximate surface area is 171 Å². The molecule has 0 saturated carbocycles. The van der Waals surface area contributed by atoms with Crippen LogP contribution < -0.4 is 5.73 Å². The zero-order valence-electron chi connectivity index (χ0n) is 15.1. The van der Waals surface area contributed by atoms with Gasteiger partial charge in [0.25, 0.3) is 0 Å². The van der Waals surface area contributed by atoms with Gasteiger partial charge in [-0.15, -0.1) is 0 Å². The molecule has 1 aliphatic heterocycles. The molecule has 2 N–H and O–H groups in total. The molecule has 1 aromatic heterocycles. The first-order valence-corrected chi connectivity index (χ1v) is 9.13. The molecule has 144 valence electrons. The van der Waals surface area contributed by atoms with Crippen LogP contribution in [0, 0.1) is 11.3 Å². The van der Waals surface area contributed by atoms with Gasteiger partial charge in [0.2, 0.25) is 5.88 Å². The number of esters is 1. The van der Waals surface area contributed by atoms with Crippen molar-refractivity contribution in [3.05, 3.63) is 68.9 Å². The molecule has 8 heteroatoms. The number of furan rings is 1. The van der Waals surface area contributed by atoms with Gasteiger partial charge < -0.3 is 19.6 Å². The summed E-state index contributed by atoms with van der Waals surface area (Å²) < 4.78 is 16.5. The molecule has 0 bridgehead atoms. The maximum atomic E-state index is 12.5. The van der Waals surface area contributed by atoms with E-state index in [1.54, 1.807) is 44.2 Å². The van der Waals surface area contributed by atoms with Crippen LogP contribution in [0.4, 0.5) is 0 Å². The van der Waals surface area contributed by atoms with E-state index in [0.717, 1.165) is 0 Å². The number of carbonyl (C=O) groups is 1. The minimum Gasteiger partial charge on any atom is -0.463 e. The Morgan fingerprint density at radius 2 is 2.04 bits per heavy atom. The molecule has 2 heterocycles. The highest BCUT2D eigenvalue weighted by atomic mass is 35.5. The van der Waals surface area contributed by atoms with Gasteiger partial charge in [0.05, 0.1) is 28.1 Å². The van der Waals surface area contributed by atoms with Gasteiger partial charge in [-0.3, -0.25) is 0 Å². The fourth-order valence-corrected chi connectivity index (χ4v) is 3.25. The number of nitriles is 1. The Bertz CT molecular complexity index is 1050. The highest BCUT2D eigenvalue weighted by Gasteiger charge is 2.38. The van der Waals surface area contributed by atoms with Crippen LogP contribution in [0.3, 0.4) is 0 Å². The van der Waals surface area contributed by atoms with Crippen molar-refractivity contribution in [3.63, 3.8) is 0 Å². The monoisotopic (exact) mass is 418 g/mol. The summed E-state index contributed by atoms with van der Waals surface area (Å²) in [6, 6.07) is 10.5. The molecule has 0 fully saturated rings. The summed E-state index contributed by atoms with van der Waals surface area (Å²) in [5.74, 6) is -0.409. The van der Waals surface area contributed by atoms with Crippen LogP contribution in [0.25, 0.3) is 11.3 Å². The van der Waals surface area contributed by atoms with E-state index in [2.05, 4.69) is 0 Å². The van der Waals surface area contributed by atoms with Gasteiger partial charge in [0.1, 0.15) is 28.9 Å². The molecule has 2 aromatic rings. The number of ether oxygens (including phenoxy) is 2. The number of rotatable bonds is 4. The SMILES string of the molecule is CCOC(=O)C1=C(C)OC(N)=C(C#N)C1c1ccc(-c2ccc(Cl)c(Cl)c2)o1. The summed E-state index contributed by atoms with van der Waals surface area (Å²) in [6.45, 7) is 3.45. The van der Waals surface area contributed by atoms with Crippen molar-refractivity contribution in [1.82, 2.24) is 0 Å². The van der Waals surface area contributed by atoms with Gasteiger partial charge in [-0.1, -0.05) is 23.2 Å². The summed E-state index contributed by atoms with van der Waals surface area (Å²) in [6.07, 6.45) is 0. The number of nitrogens with zero attached hydrogens (tertiary/aromatic N) is 1. The summed E-state index contributed by atoms with van der Waals surface area (Å²) in [5.41, 5.74) is 6.81. The molecule has 1 aromatic carbocycles. The van der Waals surface area contributed by atoms with E-state index < -0.39 is 11.9 Å². The fraction of sp³-hybridized carbons (Fsp3) is 0.200. The average Bonchev–Trinajstić information content (AvgIpc) is 3.13. The zero-order chi connectivity index (χ0) is 20.4. The molecule has 0 spiro atoms. The van der Waals surface area contributed by atoms with E-state index in [9.17, 15) is 10.1 Å². The van der Waals surface area contributed by atoms with E-state index in [1.807, 2.05) is 6.07 Å². The number of hydrogen-bond donors (Lipinski definition) is 1. The van der Waals surface area contributed by atoms with Crippen molar-refractivity contribution in [2.45, 2.75) is 19.8 Å². The Hall–Kier alpha value is -2.88. The normalized spacial score (nSPS) is 16.6. The van der Waals surface area contributed by atoms with E-state index >= 15 is 0 Å². The standard InChI is InChI=1S/C20H16Cl2N2O4/c1-3-26-20(25)17-10(2)27-19(24)12(9-23)18(17)16-7-6-15(28-16)11-4-5-13(21)14(22)8-11/h4-8,18H,3,24H2,1-2H3. The highest BCUT2D eigenvalue weighted by Crippen LogP contribution is 2.41. The van der Waals surface area contributed by atoms with Crippen molar-refractivity contribution < 1.29 is 18.7 Å². The molecule has 1 unspecified atom stereocenters. The van der Waals surface area contributed by atoms with Crippen LogP contribution in [-0.2, 0) is 14.3 Å². The topological polar surface area (TPSA) is 98.5 Å². The predicted molar refractivity (Wildman–Crippen MR) is 104 cm³/mol. The number of benzene rings is 1. The number of halogens is 2. The van der Waals surface area contributed by atoms with Crippen LogP contribution in [0.15, 0.2) is 57.5 Å². The molecule has 1 aliphatic rings. The first kappa shape index (κ1) is 19.9. The van der Waals surface area contributed by atoms with Crippen LogP contribution in [-0.4, -0.2) is 12.6 Å². The van der Waals surface area contributed by atoms with Crippen molar-refractivity contribution in [2.75, 3.05) is 6.61 Å². The van der Waals surface area contributed by atoms with Gasteiger partial charge in [-0.05, 0) is 44.2 Å². The molecule has 1 atom stereocenters. The Kier molecular flexibility index (Phi) is 5.68. The van der Waals surface area contributed by atoms with Gasteiger partial charge >= 0.3 is 5.97 Å². The number of hydrogen-bond acceptors (Lipinski definition) is 6. The summed E-state index contributed by atoms with van der Waals surface area (Å²) in [5, 5.41) is 10.4. The number of allylic oxidation sites excluding steroid dienone is 2. The van der Waals surface area contributed by atoms with Crippen molar-refractivity contribution in [2.24, 2.45) is 5.73 Å². The maximum Gasteiger partial charge on any atom is 0.338 e. The van der Waals surface area contributed by atoms with Gasteiger partial charge in [-0.2, -0.15) is 5.26 Å². The van der Waals surface area contributed by atoms with Crippen molar-refractivity contribution >= 4 is 29.2 Å². The van der Waals surface area contributed by atoms with Crippen LogP contribution in [0.1, 0.15) is 25.5 Å². The first-order chi connectivity index (χ1) is 13.4. The maximum absolute atomic E-state index is 12.5. The molecule has 28 heavy (non-hydrogen) atoms. The second kappa shape index (κ2) is 8.01. The van der Waals surface area contributed by atoms with E-state index in [-0.39, 0.29) is 29.4 Å². The third-order valence-electron chi connectivity index (χ3n) is 4.22. The van der Waals surface area contributed by atoms with E-state index in [1.165, 1.54) is 0 Å². The lowest BCUT2D eigenvalue weighted by molar-refractivity contribution is -0.139. The average molecular weight is 419 g/mol. The molecule has 0 amide bonds. The van der Waals surface area contributed by atoms with Gasteiger partial charge in [0, 0.05) is 5.56 Å².